The minimum Gasteiger partial charge on any atom is -0.506 e. The van der Waals surface area contributed by atoms with Crippen LogP contribution < -0.4 is 5.32 Å². The number of aromatic hydroxyl groups is 1. The molecule has 0 saturated heterocycles. The molecule has 0 aliphatic heterocycles. The van der Waals surface area contributed by atoms with Gasteiger partial charge in [0.15, 0.2) is 6.04 Å². The van der Waals surface area contributed by atoms with Crippen molar-refractivity contribution in [2.45, 2.75) is 39.3 Å². The van der Waals surface area contributed by atoms with Gasteiger partial charge >= 0.3 is 5.97 Å². The number of amides is 1. The highest BCUT2D eigenvalue weighted by Gasteiger charge is 2.32. The third-order valence-electron chi connectivity index (χ3n) is 2.99. The van der Waals surface area contributed by atoms with E-state index in [0.717, 1.165) is 0 Å². The minimum atomic E-state index is -1.57. The lowest BCUT2D eigenvalue weighted by molar-refractivity contribution is -0.145. The number of nitrogens with zero attached hydrogens (tertiary/aromatic N) is 1. The Morgan fingerprint density at radius 2 is 2.00 bits per heavy atom. The highest BCUT2D eigenvalue weighted by atomic mass is 16.4. The van der Waals surface area contributed by atoms with E-state index in [-0.39, 0.29) is 23.4 Å². The molecule has 1 rings (SSSR count). The number of pyridine rings is 1. The first-order valence-electron chi connectivity index (χ1n) is 6.14. The lowest BCUT2D eigenvalue weighted by atomic mass is 9.97. The summed E-state index contributed by atoms with van der Waals surface area (Å²) in [4.78, 5) is 26.4. The Hall–Kier alpha value is -2.15. The van der Waals surface area contributed by atoms with Crippen molar-refractivity contribution < 1.29 is 24.9 Å². The molecule has 0 fully saturated rings. The molecule has 7 heteroatoms. The summed E-state index contributed by atoms with van der Waals surface area (Å²) in [5.74, 6) is -2.15. The van der Waals surface area contributed by atoms with Crippen LogP contribution in [0.25, 0.3) is 0 Å². The zero-order chi connectivity index (χ0) is 15.4. The van der Waals surface area contributed by atoms with E-state index in [4.69, 9.17) is 5.11 Å². The molecule has 110 valence electrons. The summed E-state index contributed by atoms with van der Waals surface area (Å²) in [6, 6.07) is -1.53. The van der Waals surface area contributed by atoms with E-state index in [1.165, 1.54) is 13.1 Å². The Labute approximate surface area is 116 Å². The van der Waals surface area contributed by atoms with Gasteiger partial charge in [0, 0.05) is 18.2 Å². The molecular formula is C13H18N2O5. The summed E-state index contributed by atoms with van der Waals surface area (Å²) < 4.78 is 0. The van der Waals surface area contributed by atoms with Crippen LogP contribution in [-0.2, 0) is 9.59 Å². The van der Waals surface area contributed by atoms with Gasteiger partial charge in [-0.3, -0.25) is 9.78 Å². The van der Waals surface area contributed by atoms with Crippen LogP contribution in [0.3, 0.4) is 0 Å². The second-order valence-electron chi connectivity index (χ2n) is 4.47. The monoisotopic (exact) mass is 282 g/mol. The van der Waals surface area contributed by atoms with Crippen LogP contribution in [0.5, 0.6) is 5.75 Å². The maximum atomic E-state index is 11.3. The fourth-order valence-electron chi connectivity index (χ4n) is 1.80. The second kappa shape index (κ2) is 6.33. The van der Waals surface area contributed by atoms with Crippen molar-refractivity contribution in [2.75, 3.05) is 0 Å². The number of carbonyl (C=O) groups excluding carboxylic acids is 1. The van der Waals surface area contributed by atoms with Gasteiger partial charge in [-0.15, -0.1) is 0 Å². The van der Waals surface area contributed by atoms with Crippen molar-refractivity contribution in [1.82, 2.24) is 10.3 Å². The number of carboxylic acid groups (broad SMARTS) is 1. The number of aliphatic hydroxyl groups excluding tert-OH is 1. The quantitative estimate of drug-likeness (QED) is 0.621. The summed E-state index contributed by atoms with van der Waals surface area (Å²) in [6.45, 7) is 4.69. The molecule has 1 aromatic rings. The Morgan fingerprint density at radius 1 is 1.40 bits per heavy atom. The largest absolute Gasteiger partial charge is 0.506 e. The fourth-order valence-corrected chi connectivity index (χ4v) is 1.80. The van der Waals surface area contributed by atoms with Gasteiger partial charge < -0.3 is 20.6 Å². The van der Waals surface area contributed by atoms with Gasteiger partial charge in [-0.05, 0) is 19.4 Å². The Morgan fingerprint density at radius 3 is 2.50 bits per heavy atom. The first-order valence-corrected chi connectivity index (χ1v) is 6.14. The third-order valence-corrected chi connectivity index (χ3v) is 2.99. The van der Waals surface area contributed by atoms with Crippen LogP contribution in [0.2, 0.25) is 0 Å². The van der Waals surface area contributed by atoms with E-state index in [1.807, 2.05) is 0 Å². The minimum absolute atomic E-state index is 0.0568. The molecule has 1 amide bonds. The second-order valence-corrected chi connectivity index (χ2v) is 4.47. The van der Waals surface area contributed by atoms with Crippen LogP contribution in [-0.4, -0.2) is 38.2 Å². The van der Waals surface area contributed by atoms with Gasteiger partial charge in [0.2, 0.25) is 5.91 Å². The molecule has 0 aliphatic rings. The lowest BCUT2D eigenvalue weighted by Crippen LogP contribution is -2.45. The first-order chi connectivity index (χ1) is 9.29. The number of aliphatic hydroxyl groups is 1. The van der Waals surface area contributed by atoms with Crippen molar-refractivity contribution in [3.8, 4) is 5.75 Å². The molecule has 4 N–H and O–H groups in total. The van der Waals surface area contributed by atoms with E-state index in [9.17, 15) is 19.8 Å². The first kappa shape index (κ1) is 15.9. The van der Waals surface area contributed by atoms with Gasteiger partial charge in [0.05, 0.1) is 5.69 Å². The third kappa shape index (κ3) is 3.24. The molecular weight excluding hydrogens is 264 g/mol. The van der Waals surface area contributed by atoms with E-state index >= 15 is 0 Å². The molecule has 7 nitrogen and oxygen atoms in total. The van der Waals surface area contributed by atoms with E-state index in [0.29, 0.717) is 5.56 Å². The van der Waals surface area contributed by atoms with Crippen molar-refractivity contribution in [3.63, 3.8) is 0 Å². The number of aryl methyl sites for hydroxylation is 2. The molecule has 0 bridgehead atoms. The number of hydrogen-bond donors (Lipinski definition) is 4. The van der Waals surface area contributed by atoms with Crippen molar-refractivity contribution in [1.29, 1.82) is 0 Å². The SMILES string of the molecule is CCC(=O)NC(C(=O)O)C(O)c1c(C)cnc(C)c1O. The highest BCUT2D eigenvalue weighted by molar-refractivity contribution is 5.84. The summed E-state index contributed by atoms with van der Waals surface area (Å²) in [6.07, 6.45) is -0.0462. The van der Waals surface area contributed by atoms with E-state index in [1.54, 1.807) is 13.8 Å². The fraction of sp³-hybridized carbons (Fsp3) is 0.462. The van der Waals surface area contributed by atoms with Crippen LogP contribution in [0.4, 0.5) is 0 Å². The molecule has 1 heterocycles. The number of hydrogen-bond acceptors (Lipinski definition) is 5. The van der Waals surface area contributed by atoms with Crippen LogP contribution in [0.1, 0.15) is 36.3 Å². The van der Waals surface area contributed by atoms with Crippen LogP contribution in [0, 0.1) is 13.8 Å². The summed E-state index contributed by atoms with van der Waals surface area (Å²) in [5.41, 5.74) is 0.773. The molecule has 0 spiro atoms. The van der Waals surface area contributed by atoms with Crippen molar-refractivity contribution >= 4 is 11.9 Å². The molecule has 0 radical (unpaired) electrons. The molecule has 2 unspecified atom stereocenters. The number of nitrogens with one attached hydrogen (secondary N) is 1. The number of aromatic nitrogens is 1. The van der Waals surface area contributed by atoms with Gasteiger partial charge in [-0.2, -0.15) is 0 Å². The predicted molar refractivity (Wildman–Crippen MR) is 70.2 cm³/mol. The number of aliphatic carboxylic acids is 1. The smallest absolute Gasteiger partial charge is 0.329 e. The average molecular weight is 282 g/mol. The number of carboxylic acids is 1. The predicted octanol–water partition coefficient (Wildman–Crippen LogP) is 0.417. The standard InChI is InChI=1S/C13H18N2O5/c1-4-8(16)15-10(13(19)20)12(18)9-6(2)5-14-7(3)11(9)17/h5,10,12,17-18H,4H2,1-3H3,(H,15,16)(H,19,20). The Kier molecular flexibility index (Phi) is 5.04. The van der Waals surface area contributed by atoms with Gasteiger partial charge in [-0.1, -0.05) is 6.92 Å². The van der Waals surface area contributed by atoms with E-state index in [2.05, 4.69) is 10.3 Å². The zero-order valence-electron chi connectivity index (χ0n) is 11.5. The topological polar surface area (TPSA) is 120 Å². The summed E-state index contributed by atoms with van der Waals surface area (Å²) in [7, 11) is 0. The number of carbonyl (C=O) groups is 2. The lowest BCUT2D eigenvalue weighted by Gasteiger charge is -2.23. The maximum Gasteiger partial charge on any atom is 0.329 e. The van der Waals surface area contributed by atoms with Gasteiger partial charge in [-0.25, -0.2) is 4.79 Å². The molecule has 0 saturated carbocycles. The molecule has 1 aromatic heterocycles. The molecule has 0 aromatic carbocycles. The van der Waals surface area contributed by atoms with Gasteiger partial charge in [0.25, 0.3) is 0 Å². The molecule has 0 aliphatic carbocycles. The van der Waals surface area contributed by atoms with E-state index < -0.39 is 24.0 Å². The molecule has 2 atom stereocenters. The molecule has 20 heavy (non-hydrogen) atoms. The highest BCUT2D eigenvalue weighted by Crippen LogP contribution is 2.31. The Balaban J connectivity index is 3.19. The van der Waals surface area contributed by atoms with Crippen molar-refractivity contribution in [2.24, 2.45) is 0 Å². The zero-order valence-corrected chi connectivity index (χ0v) is 11.5. The number of rotatable bonds is 5. The van der Waals surface area contributed by atoms with Crippen LogP contribution in [0.15, 0.2) is 6.20 Å². The summed E-state index contributed by atoms with van der Waals surface area (Å²) in [5, 5.41) is 31.5. The van der Waals surface area contributed by atoms with Crippen molar-refractivity contribution in [3.05, 3.63) is 23.0 Å². The maximum absolute atomic E-state index is 11.3. The average Bonchev–Trinajstić information content (AvgIpc) is 2.39. The van der Waals surface area contributed by atoms with Gasteiger partial charge in [0.1, 0.15) is 11.9 Å². The summed E-state index contributed by atoms with van der Waals surface area (Å²) >= 11 is 0. The van der Waals surface area contributed by atoms with Crippen LogP contribution >= 0.6 is 0 Å². The normalized spacial score (nSPS) is 13.6. The Bertz CT molecular complexity index is 530.